The number of hydrogen-bond donors (Lipinski definition) is 0. The van der Waals surface area contributed by atoms with Gasteiger partial charge in [0, 0.05) is 24.7 Å². The molecule has 172 valence electrons. The summed E-state index contributed by atoms with van der Waals surface area (Å²) in [6.45, 7) is 6.61. The van der Waals surface area contributed by atoms with E-state index in [-0.39, 0.29) is 28.5 Å². The first kappa shape index (κ1) is 24.3. The van der Waals surface area contributed by atoms with Crippen LogP contribution in [0, 0.1) is 0 Å². The molecule has 0 N–H and O–H groups in total. The molecule has 0 radical (unpaired) electrons. The van der Waals surface area contributed by atoms with Gasteiger partial charge in [-0.05, 0) is 51.1 Å². The van der Waals surface area contributed by atoms with E-state index in [4.69, 9.17) is 21.1 Å². The first-order valence-corrected chi connectivity index (χ1v) is 11.8. The van der Waals surface area contributed by atoms with Gasteiger partial charge in [0.05, 0.1) is 30.1 Å². The minimum absolute atomic E-state index is 0.0405. The van der Waals surface area contributed by atoms with Crippen molar-refractivity contribution in [2.45, 2.75) is 37.4 Å². The summed E-state index contributed by atoms with van der Waals surface area (Å²) >= 11 is 7.83. The number of nitrogens with zero attached hydrogens (tertiary/aromatic N) is 2. The maximum Gasteiger partial charge on any atom is 0.255 e. The molecule has 1 fully saturated rings. The molecule has 0 bridgehead atoms. The number of rotatable bonds is 8. The lowest BCUT2D eigenvalue weighted by Gasteiger charge is -2.31. The van der Waals surface area contributed by atoms with Crippen molar-refractivity contribution in [3.05, 3.63) is 58.6 Å². The Balaban J connectivity index is 1.86. The largest absolute Gasteiger partial charge is 0.497 e. The molecule has 2 atom stereocenters. The van der Waals surface area contributed by atoms with Gasteiger partial charge in [0.1, 0.15) is 16.9 Å². The summed E-state index contributed by atoms with van der Waals surface area (Å²) in [7, 11) is 3.23. The number of methoxy groups -OCH3 is 2. The summed E-state index contributed by atoms with van der Waals surface area (Å²) in [6.07, 6.45) is 0. The highest BCUT2D eigenvalue weighted by molar-refractivity contribution is 8.01. The highest BCUT2D eigenvalue weighted by Gasteiger charge is 2.40. The Morgan fingerprint density at radius 1 is 1.19 bits per heavy atom. The van der Waals surface area contributed by atoms with Crippen molar-refractivity contribution in [1.29, 1.82) is 0 Å². The molecular formula is C24H29ClN2O4S. The number of ether oxygens (including phenoxy) is 2. The second kappa shape index (κ2) is 10.5. The van der Waals surface area contributed by atoms with Gasteiger partial charge in [-0.15, -0.1) is 11.8 Å². The van der Waals surface area contributed by atoms with Gasteiger partial charge in [0.25, 0.3) is 5.91 Å². The van der Waals surface area contributed by atoms with Crippen molar-refractivity contribution in [2.24, 2.45) is 0 Å². The average molecular weight is 477 g/mol. The second-order valence-electron chi connectivity index (χ2n) is 7.84. The molecule has 1 aliphatic heterocycles. The number of carbonyl (C=O) groups is 2. The van der Waals surface area contributed by atoms with E-state index in [9.17, 15) is 9.59 Å². The molecule has 32 heavy (non-hydrogen) atoms. The molecule has 2 aromatic carbocycles. The van der Waals surface area contributed by atoms with Gasteiger partial charge < -0.3 is 19.3 Å². The first-order valence-electron chi connectivity index (χ1n) is 10.5. The van der Waals surface area contributed by atoms with Gasteiger partial charge in [0.15, 0.2) is 0 Å². The van der Waals surface area contributed by atoms with E-state index in [2.05, 4.69) is 0 Å². The van der Waals surface area contributed by atoms with Crippen molar-refractivity contribution in [3.8, 4) is 11.5 Å². The summed E-state index contributed by atoms with van der Waals surface area (Å²) in [5.74, 6) is 1.29. The van der Waals surface area contributed by atoms with Crippen LogP contribution in [-0.4, -0.2) is 60.2 Å². The fraction of sp³-hybridized carbons (Fsp3) is 0.417. The van der Waals surface area contributed by atoms with Gasteiger partial charge in [-0.25, -0.2) is 0 Å². The Morgan fingerprint density at radius 2 is 1.91 bits per heavy atom. The normalized spacial score (nSPS) is 18.2. The monoisotopic (exact) mass is 476 g/mol. The zero-order valence-corrected chi connectivity index (χ0v) is 20.6. The van der Waals surface area contributed by atoms with E-state index in [1.54, 1.807) is 55.1 Å². The lowest BCUT2D eigenvalue weighted by Crippen LogP contribution is -2.44. The number of benzene rings is 2. The summed E-state index contributed by atoms with van der Waals surface area (Å²) in [5.41, 5.74) is 1.34. The molecular weight excluding hydrogens is 448 g/mol. The molecule has 0 aromatic heterocycles. The molecule has 1 saturated heterocycles. The van der Waals surface area contributed by atoms with Crippen molar-refractivity contribution < 1.29 is 19.1 Å². The number of hydrogen-bond acceptors (Lipinski definition) is 5. The van der Waals surface area contributed by atoms with Crippen LogP contribution in [0.15, 0.2) is 42.5 Å². The second-order valence-corrected chi connectivity index (χ2v) is 9.68. The summed E-state index contributed by atoms with van der Waals surface area (Å²) in [4.78, 5) is 29.8. The average Bonchev–Trinajstić information content (AvgIpc) is 3.07. The van der Waals surface area contributed by atoms with Gasteiger partial charge >= 0.3 is 0 Å². The number of amides is 2. The van der Waals surface area contributed by atoms with E-state index in [1.165, 1.54) is 0 Å². The van der Waals surface area contributed by atoms with Crippen molar-refractivity contribution in [3.63, 3.8) is 0 Å². The Hall–Kier alpha value is -2.38. The first-order chi connectivity index (χ1) is 15.3. The van der Waals surface area contributed by atoms with Crippen LogP contribution < -0.4 is 9.47 Å². The lowest BCUT2D eigenvalue weighted by molar-refractivity contribution is -0.130. The van der Waals surface area contributed by atoms with Crippen LogP contribution in [0.3, 0.4) is 0 Å². The molecule has 0 unspecified atom stereocenters. The van der Waals surface area contributed by atoms with Gasteiger partial charge in [0.2, 0.25) is 5.91 Å². The smallest absolute Gasteiger partial charge is 0.255 e. The van der Waals surface area contributed by atoms with E-state index in [0.717, 1.165) is 5.56 Å². The van der Waals surface area contributed by atoms with Gasteiger partial charge in [-0.1, -0.05) is 23.7 Å². The molecule has 2 aromatic rings. The number of carbonyl (C=O) groups excluding carboxylic acids is 2. The predicted molar refractivity (Wildman–Crippen MR) is 129 cm³/mol. The Bertz CT molecular complexity index is 984. The van der Waals surface area contributed by atoms with Crippen LogP contribution in [0.1, 0.15) is 42.1 Å². The molecule has 0 aliphatic carbocycles. The molecule has 0 spiro atoms. The molecule has 2 amide bonds. The van der Waals surface area contributed by atoms with Crippen molar-refractivity contribution >= 4 is 35.2 Å². The van der Waals surface area contributed by atoms with Crippen LogP contribution in [0.2, 0.25) is 5.02 Å². The highest BCUT2D eigenvalue weighted by Crippen LogP contribution is 2.46. The summed E-state index contributed by atoms with van der Waals surface area (Å²) < 4.78 is 11.0. The standard InChI is InChI=1S/C24H29ClN2O4S/c1-15(2)26(23(29)18-8-6-7-9-20(18)25)12-13-27-22(28)16(3)32-24(27)19-14-17(30-4)10-11-21(19)31-5/h6-11,14-16,24H,12-13H2,1-5H3/t16-,24+/m0/s1. The van der Waals surface area contributed by atoms with E-state index in [1.807, 2.05) is 43.9 Å². The Morgan fingerprint density at radius 3 is 2.53 bits per heavy atom. The SMILES string of the molecule is COc1ccc(OC)c([C@H]2S[C@@H](C)C(=O)N2CCN(C(=O)c2ccccc2Cl)C(C)C)c1. The third-order valence-electron chi connectivity index (χ3n) is 5.52. The van der Waals surface area contributed by atoms with Crippen molar-refractivity contribution in [1.82, 2.24) is 9.80 Å². The van der Waals surface area contributed by atoms with Gasteiger partial charge in [-0.2, -0.15) is 0 Å². The third-order valence-corrected chi connectivity index (χ3v) is 7.23. The zero-order chi connectivity index (χ0) is 23.4. The molecule has 1 heterocycles. The molecule has 6 nitrogen and oxygen atoms in total. The van der Waals surface area contributed by atoms with E-state index < -0.39 is 0 Å². The Labute approximate surface area is 198 Å². The maximum absolute atomic E-state index is 13.2. The van der Waals surface area contributed by atoms with Crippen LogP contribution in [0.25, 0.3) is 0 Å². The fourth-order valence-electron chi connectivity index (χ4n) is 3.77. The minimum Gasteiger partial charge on any atom is -0.497 e. The van der Waals surface area contributed by atoms with Crippen molar-refractivity contribution in [2.75, 3.05) is 27.3 Å². The van der Waals surface area contributed by atoms with Gasteiger partial charge in [-0.3, -0.25) is 9.59 Å². The zero-order valence-electron chi connectivity index (χ0n) is 19.0. The summed E-state index contributed by atoms with van der Waals surface area (Å²) in [6, 6.07) is 12.6. The predicted octanol–water partition coefficient (Wildman–Crippen LogP) is 4.87. The lowest BCUT2D eigenvalue weighted by atomic mass is 10.1. The maximum atomic E-state index is 13.2. The minimum atomic E-state index is -0.230. The van der Waals surface area contributed by atoms with Crippen LogP contribution >= 0.6 is 23.4 Å². The van der Waals surface area contributed by atoms with Crippen LogP contribution in [0.4, 0.5) is 0 Å². The highest BCUT2D eigenvalue weighted by atomic mass is 35.5. The number of halogens is 1. The molecule has 3 rings (SSSR count). The van der Waals surface area contributed by atoms with E-state index in [0.29, 0.717) is 35.2 Å². The van der Waals surface area contributed by atoms with E-state index >= 15 is 0 Å². The Kier molecular flexibility index (Phi) is 7.96. The molecule has 0 saturated carbocycles. The third kappa shape index (κ3) is 4.99. The quantitative estimate of drug-likeness (QED) is 0.544. The van der Waals surface area contributed by atoms with Crippen LogP contribution in [0.5, 0.6) is 11.5 Å². The topological polar surface area (TPSA) is 59.1 Å². The van der Waals surface area contributed by atoms with Crippen LogP contribution in [-0.2, 0) is 4.79 Å². The molecule has 1 aliphatic rings. The fourth-order valence-corrected chi connectivity index (χ4v) is 5.32. The number of thioether (sulfide) groups is 1. The summed E-state index contributed by atoms with van der Waals surface area (Å²) in [5, 5.41) is -0.00164. The molecule has 8 heteroatoms.